The van der Waals surface area contributed by atoms with E-state index in [2.05, 4.69) is 0 Å². The minimum absolute atomic E-state index is 0.0739. The van der Waals surface area contributed by atoms with Gasteiger partial charge in [-0.3, -0.25) is 9.69 Å². The molecule has 0 atom stereocenters. The van der Waals surface area contributed by atoms with E-state index in [9.17, 15) is 4.79 Å². The van der Waals surface area contributed by atoms with Crippen LogP contribution in [0, 0.1) is 0 Å². The van der Waals surface area contributed by atoms with Crippen LogP contribution >= 0.6 is 23.4 Å². The van der Waals surface area contributed by atoms with E-state index in [4.69, 9.17) is 11.6 Å². The number of benzene rings is 3. The van der Waals surface area contributed by atoms with Gasteiger partial charge in [-0.1, -0.05) is 59.8 Å². The van der Waals surface area contributed by atoms with Crippen molar-refractivity contribution in [1.82, 2.24) is 0 Å². The molecule has 3 aromatic rings. The molecule has 0 unspecified atom stereocenters. The molecule has 3 aromatic carbocycles. The average molecular weight is 364 g/mol. The molecule has 0 aliphatic carbocycles. The average Bonchev–Trinajstić information content (AvgIpc) is 2.65. The summed E-state index contributed by atoms with van der Waals surface area (Å²) < 4.78 is 0. The van der Waals surface area contributed by atoms with Gasteiger partial charge in [0.15, 0.2) is 0 Å². The second-order valence-electron chi connectivity index (χ2n) is 5.60. The summed E-state index contributed by atoms with van der Waals surface area (Å²) in [6.45, 7) is 0. The van der Waals surface area contributed by atoms with E-state index in [1.54, 1.807) is 22.7 Å². The fraction of sp³-hybridized carbons (Fsp3) is 0. The van der Waals surface area contributed by atoms with Crippen LogP contribution in [0.2, 0.25) is 5.02 Å². The van der Waals surface area contributed by atoms with Crippen LogP contribution in [0.3, 0.4) is 0 Å². The minimum Gasteiger partial charge on any atom is -0.275 e. The first-order chi connectivity index (χ1) is 12.2. The molecule has 0 saturated carbocycles. The third-order valence-corrected chi connectivity index (χ3v) is 5.32. The van der Waals surface area contributed by atoms with Gasteiger partial charge in [-0.15, -0.1) is 0 Å². The second-order valence-corrected chi connectivity index (χ2v) is 7.12. The van der Waals surface area contributed by atoms with Crippen molar-refractivity contribution in [3.8, 4) is 0 Å². The zero-order valence-electron chi connectivity index (χ0n) is 13.2. The van der Waals surface area contributed by atoms with Gasteiger partial charge in [0, 0.05) is 20.9 Å². The first-order valence-electron chi connectivity index (χ1n) is 7.86. The Hall–Kier alpha value is -2.49. The Labute approximate surface area is 155 Å². The normalized spacial score (nSPS) is 12.8. The first kappa shape index (κ1) is 16.0. The maximum Gasteiger partial charge on any atom is 0.255 e. The molecule has 2 nitrogen and oxygen atoms in total. The molecule has 1 aliphatic rings. The Morgan fingerprint density at radius 1 is 0.840 bits per heavy atom. The number of anilines is 2. The van der Waals surface area contributed by atoms with Gasteiger partial charge in [0.25, 0.3) is 5.91 Å². The standard InChI is InChI=1S/C21H14ClNOS/c22-16-12-9-15(10-13-16)11-14-21(24)23-17-5-1-3-7-19(17)25-20-8-4-2-6-18(20)23/h1-14H. The van der Waals surface area contributed by atoms with E-state index in [1.807, 2.05) is 78.9 Å². The molecule has 4 heteroatoms. The van der Waals surface area contributed by atoms with Gasteiger partial charge in [-0.25, -0.2) is 0 Å². The van der Waals surface area contributed by atoms with Crippen molar-refractivity contribution in [3.05, 3.63) is 89.5 Å². The molecule has 0 aromatic heterocycles. The molecule has 0 fully saturated rings. The lowest BCUT2D eigenvalue weighted by molar-refractivity contribution is -0.113. The maximum atomic E-state index is 13.0. The fourth-order valence-corrected chi connectivity index (χ4v) is 3.94. The van der Waals surface area contributed by atoms with E-state index in [1.165, 1.54) is 0 Å². The second kappa shape index (κ2) is 6.79. The van der Waals surface area contributed by atoms with E-state index in [0.717, 1.165) is 26.7 Å². The molecule has 0 radical (unpaired) electrons. The number of fused-ring (bicyclic) bond motifs is 2. The van der Waals surface area contributed by atoms with Crippen LogP contribution in [-0.2, 0) is 4.79 Å². The van der Waals surface area contributed by atoms with Crippen molar-refractivity contribution >= 4 is 46.7 Å². The summed E-state index contributed by atoms with van der Waals surface area (Å²) in [7, 11) is 0. The number of amides is 1. The number of halogens is 1. The number of para-hydroxylation sites is 2. The Balaban J connectivity index is 1.71. The Kier molecular flexibility index (Phi) is 4.35. The van der Waals surface area contributed by atoms with E-state index < -0.39 is 0 Å². The van der Waals surface area contributed by atoms with Gasteiger partial charge < -0.3 is 0 Å². The summed E-state index contributed by atoms with van der Waals surface area (Å²) in [6.07, 6.45) is 3.42. The molecular formula is C21H14ClNOS. The van der Waals surface area contributed by atoms with Crippen LogP contribution in [0.15, 0.2) is 88.7 Å². The highest BCUT2D eigenvalue weighted by Crippen LogP contribution is 2.47. The van der Waals surface area contributed by atoms with Crippen LogP contribution in [0.5, 0.6) is 0 Å². The van der Waals surface area contributed by atoms with Crippen molar-refractivity contribution in [2.45, 2.75) is 9.79 Å². The lowest BCUT2D eigenvalue weighted by Crippen LogP contribution is -2.26. The SMILES string of the molecule is O=C(C=Cc1ccc(Cl)cc1)N1c2ccccc2Sc2ccccc21. The lowest BCUT2D eigenvalue weighted by atomic mass is 10.2. The quantitative estimate of drug-likeness (QED) is 0.506. The Bertz CT molecular complexity index is 920. The first-order valence-corrected chi connectivity index (χ1v) is 9.05. The summed E-state index contributed by atoms with van der Waals surface area (Å²) in [5, 5.41) is 0.680. The molecule has 0 N–H and O–H groups in total. The van der Waals surface area contributed by atoms with Gasteiger partial charge in [0.1, 0.15) is 0 Å². The molecule has 1 aliphatic heterocycles. The highest BCUT2D eigenvalue weighted by Gasteiger charge is 2.26. The largest absolute Gasteiger partial charge is 0.275 e. The summed E-state index contributed by atoms with van der Waals surface area (Å²) >= 11 is 7.59. The van der Waals surface area contributed by atoms with Crippen molar-refractivity contribution < 1.29 is 4.79 Å². The van der Waals surface area contributed by atoms with Crippen LogP contribution in [0.25, 0.3) is 6.08 Å². The van der Waals surface area contributed by atoms with Gasteiger partial charge in [-0.2, -0.15) is 0 Å². The smallest absolute Gasteiger partial charge is 0.255 e. The highest BCUT2D eigenvalue weighted by atomic mass is 35.5. The molecule has 0 spiro atoms. The predicted molar refractivity (Wildman–Crippen MR) is 105 cm³/mol. The Morgan fingerprint density at radius 2 is 1.40 bits per heavy atom. The molecular weight excluding hydrogens is 350 g/mol. The molecule has 4 rings (SSSR count). The number of carbonyl (C=O) groups is 1. The molecule has 122 valence electrons. The van der Waals surface area contributed by atoms with Crippen LogP contribution < -0.4 is 4.90 Å². The van der Waals surface area contributed by atoms with Gasteiger partial charge in [0.2, 0.25) is 0 Å². The van der Waals surface area contributed by atoms with Crippen LogP contribution in [0.4, 0.5) is 11.4 Å². The van der Waals surface area contributed by atoms with Gasteiger partial charge in [0.05, 0.1) is 11.4 Å². The number of hydrogen-bond donors (Lipinski definition) is 0. The fourth-order valence-electron chi connectivity index (χ4n) is 2.76. The Morgan fingerprint density at radius 3 is 2.00 bits per heavy atom. The molecule has 1 heterocycles. The van der Waals surface area contributed by atoms with Crippen LogP contribution in [0.1, 0.15) is 5.56 Å². The van der Waals surface area contributed by atoms with Crippen molar-refractivity contribution in [2.75, 3.05) is 4.90 Å². The molecule has 1 amide bonds. The molecule has 0 bridgehead atoms. The maximum absolute atomic E-state index is 13.0. The summed E-state index contributed by atoms with van der Waals surface area (Å²) in [5.74, 6) is -0.0739. The lowest BCUT2D eigenvalue weighted by Gasteiger charge is -2.30. The van der Waals surface area contributed by atoms with Crippen molar-refractivity contribution in [1.29, 1.82) is 0 Å². The van der Waals surface area contributed by atoms with Crippen LogP contribution in [-0.4, -0.2) is 5.91 Å². The number of nitrogens with zero attached hydrogens (tertiary/aromatic N) is 1. The molecule has 25 heavy (non-hydrogen) atoms. The van der Waals surface area contributed by atoms with Gasteiger partial charge in [-0.05, 0) is 48.0 Å². The van der Waals surface area contributed by atoms with E-state index >= 15 is 0 Å². The zero-order chi connectivity index (χ0) is 17.2. The summed E-state index contributed by atoms with van der Waals surface area (Å²) in [4.78, 5) is 16.9. The zero-order valence-corrected chi connectivity index (χ0v) is 14.8. The number of carbonyl (C=O) groups excluding carboxylic acids is 1. The van der Waals surface area contributed by atoms with E-state index in [-0.39, 0.29) is 5.91 Å². The van der Waals surface area contributed by atoms with E-state index in [0.29, 0.717) is 5.02 Å². The van der Waals surface area contributed by atoms with Crippen molar-refractivity contribution in [2.24, 2.45) is 0 Å². The van der Waals surface area contributed by atoms with Gasteiger partial charge >= 0.3 is 0 Å². The number of hydrogen-bond acceptors (Lipinski definition) is 2. The minimum atomic E-state index is -0.0739. The van der Waals surface area contributed by atoms with Crippen molar-refractivity contribution in [3.63, 3.8) is 0 Å². The third kappa shape index (κ3) is 3.21. The number of rotatable bonds is 2. The molecule has 0 saturated heterocycles. The predicted octanol–water partition coefficient (Wildman–Crippen LogP) is 6.18. The monoisotopic (exact) mass is 363 g/mol. The third-order valence-electron chi connectivity index (χ3n) is 3.94. The topological polar surface area (TPSA) is 20.3 Å². The summed E-state index contributed by atoms with van der Waals surface area (Å²) in [5.41, 5.74) is 2.76. The highest BCUT2D eigenvalue weighted by molar-refractivity contribution is 7.99. The summed E-state index contributed by atoms with van der Waals surface area (Å²) in [6, 6.07) is 23.3.